The van der Waals surface area contributed by atoms with Crippen molar-refractivity contribution in [3.63, 3.8) is 0 Å². The largest absolute Gasteiger partial charge is 0.481 e. The van der Waals surface area contributed by atoms with E-state index in [1.807, 2.05) is 5.32 Å². The Bertz CT molecular complexity index is 690. The number of rotatable bonds is 15. The lowest BCUT2D eigenvalue weighted by atomic mass is 10.1. The number of primary amides is 1. The molecular formula is C16H27N5O9S. The third-order valence-corrected chi connectivity index (χ3v) is 4.30. The molecule has 0 aliphatic heterocycles. The van der Waals surface area contributed by atoms with Crippen molar-refractivity contribution in [2.75, 3.05) is 12.4 Å². The lowest BCUT2D eigenvalue weighted by Gasteiger charge is -2.24. The zero-order valence-electron chi connectivity index (χ0n) is 16.4. The van der Waals surface area contributed by atoms with Crippen molar-refractivity contribution in [2.24, 2.45) is 11.5 Å². The van der Waals surface area contributed by atoms with Gasteiger partial charge >= 0.3 is 11.9 Å². The van der Waals surface area contributed by atoms with Crippen molar-refractivity contribution >= 4 is 48.2 Å². The zero-order chi connectivity index (χ0) is 24.1. The second kappa shape index (κ2) is 14.2. The monoisotopic (exact) mass is 465 g/mol. The van der Waals surface area contributed by atoms with Crippen LogP contribution in [0, 0.1) is 0 Å². The number of carbonyl (C=O) groups excluding carboxylic acids is 4. The summed E-state index contributed by atoms with van der Waals surface area (Å²) in [5.41, 5.74) is 10.6. The molecule has 176 valence electrons. The molecule has 0 aromatic heterocycles. The van der Waals surface area contributed by atoms with Crippen molar-refractivity contribution in [2.45, 2.75) is 49.9 Å². The van der Waals surface area contributed by atoms with Crippen molar-refractivity contribution in [1.29, 1.82) is 0 Å². The van der Waals surface area contributed by atoms with Gasteiger partial charge in [-0.05, 0) is 12.8 Å². The molecule has 0 aromatic rings. The molecule has 14 nitrogen and oxygen atoms in total. The summed E-state index contributed by atoms with van der Waals surface area (Å²) in [5.74, 6) is -6.44. The first-order valence-corrected chi connectivity index (χ1v) is 9.67. The highest BCUT2D eigenvalue weighted by atomic mass is 32.1. The first kappa shape index (κ1) is 28.1. The Labute approximate surface area is 182 Å². The minimum absolute atomic E-state index is 0.0660. The fourth-order valence-corrected chi connectivity index (χ4v) is 2.43. The maximum atomic E-state index is 12.5. The van der Waals surface area contributed by atoms with Gasteiger partial charge in [0.25, 0.3) is 0 Å². The summed E-state index contributed by atoms with van der Waals surface area (Å²) in [4.78, 5) is 69.4. The van der Waals surface area contributed by atoms with Gasteiger partial charge in [0.15, 0.2) is 0 Å². The normalized spacial score (nSPS) is 14.4. The number of aliphatic hydroxyl groups excluding tert-OH is 1. The zero-order valence-corrected chi connectivity index (χ0v) is 17.3. The van der Waals surface area contributed by atoms with Crippen LogP contribution in [0.25, 0.3) is 0 Å². The Morgan fingerprint density at radius 1 is 0.806 bits per heavy atom. The maximum Gasteiger partial charge on any atom is 0.328 e. The van der Waals surface area contributed by atoms with Gasteiger partial charge in [0.1, 0.15) is 18.1 Å². The number of amides is 4. The quantitative estimate of drug-likeness (QED) is 0.106. The van der Waals surface area contributed by atoms with Gasteiger partial charge in [-0.1, -0.05) is 0 Å². The number of thiol groups is 1. The van der Waals surface area contributed by atoms with Crippen LogP contribution >= 0.6 is 12.6 Å². The Hall–Kier alpha value is -2.91. The molecule has 10 N–H and O–H groups in total. The molecule has 0 saturated carbocycles. The second-order valence-corrected chi connectivity index (χ2v) is 6.80. The molecule has 0 rings (SSSR count). The van der Waals surface area contributed by atoms with E-state index in [9.17, 15) is 28.8 Å². The number of carboxylic acids is 2. The minimum atomic E-state index is -1.67. The topological polar surface area (TPSA) is 251 Å². The average Bonchev–Trinajstić information content (AvgIpc) is 2.70. The van der Waals surface area contributed by atoms with Gasteiger partial charge in [-0.15, -0.1) is 0 Å². The predicted octanol–water partition coefficient (Wildman–Crippen LogP) is -4.09. The van der Waals surface area contributed by atoms with Crippen LogP contribution in [0.3, 0.4) is 0 Å². The number of hydrogen-bond donors (Lipinski definition) is 9. The lowest BCUT2D eigenvalue weighted by Crippen LogP contribution is -2.58. The molecule has 0 fully saturated rings. The molecule has 0 saturated heterocycles. The first-order valence-electron chi connectivity index (χ1n) is 9.04. The molecule has 31 heavy (non-hydrogen) atoms. The fraction of sp³-hybridized carbons (Fsp3) is 0.625. The van der Waals surface area contributed by atoms with E-state index in [1.54, 1.807) is 0 Å². The van der Waals surface area contributed by atoms with Gasteiger partial charge < -0.3 is 42.7 Å². The van der Waals surface area contributed by atoms with E-state index in [2.05, 4.69) is 23.3 Å². The number of aliphatic hydroxyl groups is 1. The molecule has 4 atom stereocenters. The summed E-state index contributed by atoms with van der Waals surface area (Å²) >= 11 is 3.94. The molecule has 0 aliphatic carbocycles. The molecule has 15 heteroatoms. The third kappa shape index (κ3) is 11.2. The van der Waals surface area contributed by atoms with E-state index in [0.717, 1.165) is 0 Å². The molecule has 0 radical (unpaired) electrons. The highest BCUT2D eigenvalue weighted by Gasteiger charge is 2.30. The van der Waals surface area contributed by atoms with Gasteiger partial charge in [0.2, 0.25) is 23.6 Å². The maximum absolute atomic E-state index is 12.5. The van der Waals surface area contributed by atoms with Crippen molar-refractivity contribution in [1.82, 2.24) is 16.0 Å². The van der Waals surface area contributed by atoms with Gasteiger partial charge in [-0.2, -0.15) is 12.6 Å². The summed E-state index contributed by atoms with van der Waals surface area (Å²) < 4.78 is 0. The van der Waals surface area contributed by atoms with Gasteiger partial charge in [-0.3, -0.25) is 24.0 Å². The number of carboxylic acid groups (broad SMARTS) is 2. The van der Waals surface area contributed by atoms with Crippen LogP contribution in [-0.4, -0.2) is 87.4 Å². The van der Waals surface area contributed by atoms with Crippen LogP contribution in [0.5, 0.6) is 0 Å². The van der Waals surface area contributed by atoms with Crippen molar-refractivity contribution in [3.8, 4) is 0 Å². The number of nitrogens with two attached hydrogens (primary N) is 2. The third-order valence-electron chi connectivity index (χ3n) is 3.93. The highest BCUT2D eigenvalue weighted by molar-refractivity contribution is 7.80. The van der Waals surface area contributed by atoms with E-state index < -0.39 is 79.2 Å². The lowest BCUT2D eigenvalue weighted by molar-refractivity contribution is -0.144. The van der Waals surface area contributed by atoms with E-state index in [1.165, 1.54) is 0 Å². The predicted molar refractivity (Wildman–Crippen MR) is 108 cm³/mol. The summed E-state index contributed by atoms with van der Waals surface area (Å²) in [6.45, 7) is -0.931. The smallest absolute Gasteiger partial charge is 0.328 e. The molecule has 0 aromatic carbocycles. The Balaban J connectivity index is 5.19. The van der Waals surface area contributed by atoms with Crippen molar-refractivity contribution in [3.05, 3.63) is 0 Å². The Kier molecular flexibility index (Phi) is 12.8. The van der Waals surface area contributed by atoms with Crippen LogP contribution in [0.15, 0.2) is 0 Å². The number of hydrogen-bond acceptors (Lipinski definition) is 9. The summed E-state index contributed by atoms with van der Waals surface area (Å²) in [6.07, 6.45) is -1.15. The first-order chi connectivity index (χ1) is 14.4. The molecule has 0 heterocycles. The van der Waals surface area contributed by atoms with E-state index in [-0.39, 0.29) is 18.6 Å². The molecule has 4 amide bonds. The molecular weight excluding hydrogens is 438 g/mol. The van der Waals surface area contributed by atoms with E-state index in [0.29, 0.717) is 0 Å². The van der Waals surface area contributed by atoms with Gasteiger partial charge in [0, 0.05) is 18.6 Å². The molecule has 0 aliphatic rings. The fourth-order valence-electron chi connectivity index (χ4n) is 2.17. The molecule has 4 unspecified atom stereocenters. The molecule has 0 spiro atoms. The SMILES string of the molecule is NC(=O)CCC(N)C(=O)NC(CS)C(=O)NC(CCC(=O)O)C(=O)NC(CO)C(=O)O. The van der Waals surface area contributed by atoms with Crippen LogP contribution in [0.4, 0.5) is 0 Å². The van der Waals surface area contributed by atoms with Crippen molar-refractivity contribution < 1.29 is 44.1 Å². The van der Waals surface area contributed by atoms with Gasteiger partial charge in [-0.25, -0.2) is 4.79 Å². The number of nitrogens with one attached hydrogen (secondary N) is 3. The minimum Gasteiger partial charge on any atom is -0.481 e. The summed E-state index contributed by atoms with van der Waals surface area (Å²) in [7, 11) is 0. The number of carbonyl (C=O) groups is 6. The standard InChI is InChI=1S/C16H27N5O9S/c17-7(1-3-11(18)23)13(26)21-10(6-31)15(28)19-8(2-4-12(24)25)14(27)20-9(5-22)16(29)30/h7-10,22,31H,1-6,17H2,(H2,18,23)(H,19,28)(H,20,27)(H,21,26)(H,24,25)(H,29,30). The highest BCUT2D eigenvalue weighted by Crippen LogP contribution is 2.02. The van der Waals surface area contributed by atoms with Crippen LogP contribution < -0.4 is 27.4 Å². The van der Waals surface area contributed by atoms with Crippen LogP contribution in [0.2, 0.25) is 0 Å². The van der Waals surface area contributed by atoms with Crippen LogP contribution in [0.1, 0.15) is 25.7 Å². The second-order valence-electron chi connectivity index (χ2n) is 6.43. The van der Waals surface area contributed by atoms with Gasteiger partial charge in [0.05, 0.1) is 12.6 Å². The Morgan fingerprint density at radius 2 is 1.32 bits per heavy atom. The summed E-state index contributed by atoms with van der Waals surface area (Å²) in [5, 5.41) is 33.2. The Morgan fingerprint density at radius 3 is 1.77 bits per heavy atom. The van der Waals surface area contributed by atoms with E-state index in [4.69, 9.17) is 26.8 Å². The van der Waals surface area contributed by atoms with Crippen LogP contribution in [-0.2, 0) is 28.8 Å². The molecule has 0 bridgehead atoms. The van der Waals surface area contributed by atoms with E-state index >= 15 is 0 Å². The number of aliphatic carboxylic acids is 2. The summed E-state index contributed by atoms with van der Waals surface area (Å²) in [6, 6.07) is -5.56. The average molecular weight is 465 g/mol.